The van der Waals surface area contributed by atoms with Gasteiger partial charge in [0.25, 0.3) is 11.8 Å². The van der Waals surface area contributed by atoms with Gasteiger partial charge in [-0.05, 0) is 58.3 Å². The molecular formula is C19H19BrN2O4. The van der Waals surface area contributed by atoms with E-state index in [0.717, 1.165) is 17.9 Å². The van der Waals surface area contributed by atoms with Gasteiger partial charge in [-0.2, -0.15) is 10.1 Å². The molecule has 2 fully saturated rings. The lowest BCUT2D eigenvalue weighted by Gasteiger charge is -2.37. The van der Waals surface area contributed by atoms with Crippen molar-refractivity contribution in [3.05, 3.63) is 34.3 Å². The number of halogens is 1. The van der Waals surface area contributed by atoms with Gasteiger partial charge in [-0.3, -0.25) is 9.59 Å². The number of nitrogens with zero attached hydrogens (tertiary/aromatic N) is 2. The van der Waals surface area contributed by atoms with Crippen LogP contribution in [-0.2, 0) is 9.59 Å². The monoisotopic (exact) mass is 418 g/mol. The smallest absolute Gasteiger partial charge is 0.254 e. The number of benzene rings is 1. The van der Waals surface area contributed by atoms with Crippen molar-refractivity contribution in [2.24, 2.45) is 28.8 Å². The Labute approximate surface area is 160 Å². The number of hydrogen-bond donors (Lipinski definition) is 0. The number of amides is 2. The number of rotatable bonds is 4. The number of fused-ring (bicyclic) bond motifs is 1. The molecule has 0 N–H and O–H groups in total. The van der Waals surface area contributed by atoms with Gasteiger partial charge in [0.15, 0.2) is 11.5 Å². The van der Waals surface area contributed by atoms with Gasteiger partial charge in [-0.1, -0.05) is 12.2 Å². The third-order valence-electron chi connectivity index (χ3n) is 5.51. The minimum Gasteiger partial charge on any atom is -0.493 e. The summed E-state index contributed by atoms with van der Waals surface area (Å²) >= 11 is 3.43. The van der Waals surface area contributed by atoms with Crippen molar-refractivity contribution < 1.29 is 19.1 Å². The number of imide groups is 1. The van der Waals surface area contributed by atoms with Crippen molar-refractivity contribution in [2.45, 2.75) is 12.8 Å². The third kappa shape index (κ3) is 2.57. The van der Waals surface area contributed by atoms with E-state index in [1.807, 2.05) is 0 Å². The van der Waals surface area contributed by atoms with Crippen LogP contribution in [0.25, 0.3) is 0 Å². The van der Waals surface area contributed by atoms with E-state index in [1.54, 1.807) is 26.4 Å². The molecule has 4 aliphatic rings. The fraction of sp³-hybridized carbons (Fsp3) is 0.421. The third-order valence-corrected chi connectivity index (χ3v) is 6.10. The SMILES string of the molecule is COc1cc(/C=N\N2C(=O)[C@@H]3[C@H](C2=O)[C@H]2C=C[C@@H]3CC2)cc(Br)c1OC. The highest BCUT2D eigenvalue weighted by Gasteiger charge is 2.56. The maximum atomic E-state index is 12.8. The summed E-state index contributed by atoms with van der Waals surface area (Å²) in [6.07, 6.45) is 7.65. The first kappa shape index (κ1) is 17.3. The Hall–Kier alpha value is -2.15. The Balaban J connectivity index is 1.61. The lowest BCUT2D eigenvalue weighted by Crippen LogP contribution is -2.38. The summed E-state index contributed by atoms with van der Waals surface area (Å²) in [5, 5.41) is 5.27. The number of allylic oxidation sites excluding steroid dienone is 2. The van der Waals surface area contributed by atoms with E-state index >= 15 is 0 Å². The highest BCUT2D eigenvalue weighted by molar-refractivity contribution is 9.10. The van der Waals surface area contributed by atoms with Crippen LogP contribution >= 0.6 is 15.9 Å². The standard InChI is InChI=1S/C19H19BrN2O4/c1-25-14-8-10(7-13(20)17(14)26-2)9-21-22-18(23)15-11-3-4-12(6-5-11)16(15)19(22)24/h3-4,7-9,11-12,15-16H,5-6H2,1-2H3/b21-9-/t11-,12+,15+,16-. The highest BCUT2D eigenvalue weighted by Crippen LogP contribution is 2.49. The van der Waals surface area contributed by atoms with E-state index < -0.39 is 0 Å². The van der Waals surface area contributed by atoms with Gasteiger partial charge in [-0.15, -0.1) is 0 Å². The largest absolute Gasteiger partial charge is 0.493 e. The Morgan fingerprint density at radius 1 is 1.08 bits per heavy atom. The second-order valence-corrected chi connectivity index (χ2v) is 7.67. The first-order valence-corrected chi connectivity index (χ1v) is 9.36. The molecule has 4 atom stereocenters. The zero-order valence-corrected chi connectivity index (χ0v) is 16.1. The zero-order chi connectivity index (χ0) is 18.4. The second kappa shape index (κ2) is 6.54. The average Bonchev–Trinajstić information content (AvgIpc) is 2.93. The Morgan fingerprint density at radius 2 is 1.69 bits per heavy atom. The molecule has 1 aromatic carbocycles. The molecule has 1 aliphatic heterocycles. The van der Waals surface area contributed by atoms with E-state index in [1.165, 1.54) is 6.21 Å². The van der Waals surface area contributed by atoms with Crippen LogP contribution in [0.4, 0.5) is 0 Å². The van der Waals surface area contributed by atoms with Crippen LogP contribution < -0.4 is 9.47 Å². The molecule has 1 aromatic rings. The molecule has 6 nitrogen and oxygen atoms in total. The number of hydrogen-bond acceptors (Lipinski definition) is 5. The lowest BCUT2D eigenvalue weighted by molar-refractivity contribution is -0.140. The first-order valence-electron chi connectivity index (χ1n) is 8.56. The first-order chi connectivity index (χ1) is 12.5. The minimum atomic E-state index is -0.250. The normalized spacial score (nSPS) is 29.6. The van der Waals surface area contributed by atoms with Gasteiger partial charge >= 0.3 is 0 Å². The Kier molecular flexibility index (Phi) is 4.34. The van der Waals surface area contributed by atoms with Crippen LogP contribution in [-0.4, -0.2) is 37.3 Å². The Bertz CT molecular complexity index is 803. The van der Waals surface area contributed by atoms with Gasteiger partial charge in [0.1, 0.15) is 0 Å². The van der Waals surface area contributed by atoms with E-state index in [4.69, 9.17) is 9.47 Å². The maximum Gasteiger partial charge on any atom is 0.254 e. The molecule has 3 aliphatic carbocycles. The number of methoxy groups -OCH3 is 2. The minimum absolute atomic E-state index is 0.164. The molecule has 136 valence electrons. The number of hydrazone groups is 1. The molecule has 26 heavy (non-hydrogen) atoms. The maximum absolute atomic E-state index is 12.8. The van der Waals surface area contributed by atoms with Gasteiger partial charge in [0, 0.05) is 0 Å². The quantitative estimate of drug-likeness (QED) is 0.428. The van der Waals surface area contributed by atoms with Crippen LogP contribution in [0.15, 0.2) is 33.9 Å². The number of ether oxygens (including phenoxy) is 2. The predicted molar refractivity (Wildman–Crippen MR) is 99.0 cm³/mol. The van der Waals surface area contributed by atoms with Crippen LogP contribution in [0.5, 0.6) is 11.5 Å². The predicted octanol–water partition coefficient (Wildman–Crippen LogP) is 3.00. The van der Waals surface area contributed by atoms with Crippen molar-refractivity contribution in [3.8, 4) is 11.5 Å². The topological polar surface area (TPSA) is 68.2 Å². The van der Waals surface area contributed by atoms with Gasteiger partial charge < -0.3 is 9.47 Å². The summed E-state index contributed by atoms with van der Waals surface area (Å²) in [5.74, 6) is 0.574. The average molecular weight is 419 g/mol. The molecule has 2 bridgehead atoms. The van der Waals surface area contributed by atoms with Crippen molar-refractivity contribution in [1.82, 2.24) is 5.01 Å². The molecular weight excluding hydrogens is 400 g/mol. The van der Waals surface area contributed by atoms with Crippen LogP contribution in [0, 0.1) is 23.7 Å². The summed E-state index contributed by atoms with van der Waals surface area (Å²) in [6.45, 7) is 0. The molecule has 0 aromatic heterocycles. The molecule has 0 unspecified atom stereocenters. The summed E-state index contributed by atoms with van der Waals surface area (Å²) in [4.78, 5) is 25.5. The fourth-order valence-electron chi connectivity index (χ4n) is 4.31. The molecule has 0 spiro atoms. The molecule has 2 amide bonds. The molecule has 7 heteroatoms. The summed E-state index contributed by atoms with van der Waals surface area (Å²) in [5.41, 5.74) is 0.700. The van der Waals surface area contributed by atoms with Crippen LogP contribution in [0.3, 0.4) is 0 Å². The van der Waals surface area contributed by atoms with Crippen molar-refractivity contribution in [2.75, 3.05) is 14.2 Å². The van der Waals surface area contributed by atoms with Crippen molar-refractivity contribution >= 4 is 34.0 Å². The van der Waals surface area contributed by atoms with Crippen LogP contribution in [0.2, 0.25) is 0 Å². The van der Waals surface area contributed by atoms with E-state index in [0.29, 0.717) is 21.5 Å². The summed E-state index contributed by atoms with van der Waals surface area (Å²) < 4.78 is 11.3. The summed E-state index contributed by atoms with van der Waals surface area (Å²) in [7, 11) is 3.11. The van der Waals surface area contributed by atoms with Gasteiger partial charge in [0.2, 0.25) is 0 Å². The molecule has 0 radical (unpaired) electrons. The van der Waals surface area contributed by atoms with Crippen molar-refractivity contribution in [1.29, 1.82) is 0 Å². The summed E-state index contributed by atoms with van der Waals surface area (Å²) in [6, 6.07) is 3.55. The van der Waals surface area contributed by atoms with E-state index in [-0.39, 0.29) is 35.5 Å². The second-order valence-electron chi connectivity index (χ2n) is 6.81. The van der Waals surface area contributed by atoms with Crippen LogP contribution in [0.1, 0.15) is 18.4 Å². The lowest BCUT2D eigenvalue weighted by atomic mass is 9.63. The molecule has 1 heterocycles. The van der Waals surface area contributed by atoms with E-state index in [2.05, 4.69) is 33.2 Å². The number of carbonyl (C=O) groups is 2. The zero-order valence-electron chi connectivity index (χ0n) is 14.5. The van der Waals surface area contributed by atoms with E-state index in [9.17, 15) is 9.59 Å². The molecule has 5 rings (SSSR count). The fourth-order valence-corrected chi connectivity index (χ4v) is 4.93. The highest BCUT2D eigenvalue weighted by atomic mass is 79.9. The Morgan fingerprint density at radius 3 is 2.19 bits per heavy atom. The van der Waals surface area contributed by atoms with Crippen molar-refractivity contribution in [3.63, 3.8) is 0 Å². The molecule has 1 saturated heterocycles. The molecule has 1 saturated carbocycles. The number of carbonyl (C=O) groups excluding carboxylic acids is 2. The van der Waals surface area contributed by atoms with Gasteiger partial charge in [0.05, 0.1) is 36.7 Å². The van der Waals surface area contributed by atoms with Gasteiger partial charge in [-0.25, -0.2) is 0 Å².